The lowest BCUT2D eigenvalue weighted by molar-refractivity contribution is 0.589. The van der Waals surface area contributed by atoms with Crippen LogP contribution < -0.4 is 11.2 Å². The van der Waals surface area contributed by atoms with Crippen molar-refractivity contribution >= 4 is 11.2 Å². The maximum Gasteiger partial charge on any atom is 0.332 e. The van der Waals surface area contributed by atoms with Crippen LogP contribution >= 0.6 is 0 Å². The quantitative estimate of drug-likeness (QED) is 0.770. The van der Waals surface area contributed by atoms with E-state index in [-0.39, 0.29) is 11.2 Å². The normalized spacial score (nSPS) is 19.2. The third-order valence-electron chi connectivity index (χ3n) is 3.77. The van der Waals surface area contributed by atoms with Gasteiger partial charge < -0.3 is 4.98 Å². The molecule has 6 heteroatoms. The van der Waals surface area contributed by atoms with Crippen LogP contribution in [0.15, 0.2) is 21.7 Å². The zero-order valence-corrected chi connectivity index (χ0v) is 11.0. The second-order valence-electron chi connectivity index (χ2n) is 5.01. The highest BCUT2D eigenvalue weighted by atomic mass is 16.2. The molecule has 0 fully saturated rings. The minimum Gasteiger partial charge on any atom is -0.336 e. The van der Waals surface area contributed by atoms with Gasteiger partial charge in [0.05, 0.1) is 0 Å². The lowest BCUT2D eigenvalue weighted by Crippen LogP contribution is -2.36. The lowest BCUT2D eigenvalue weighted by Gasteiger charge is -2.14. The first kappa shape index (κ1) is 12.0. The number of hydrogen-bond acceptors (Lipinski definition) is 3. The summed E-state index contributed by atoms with van der Waals surface area (Å²) in [6.07, 6.45) is 7.27. The number of nitrogens with zero attached hydrogens (tertiary/aromatic N) is 3. The van der Waals surface area contributed by atoms with Gasteiger partial charge in [-0.25, -0.2) is 9.78 Å². The number of imidazole rings is 1. The Bertz CT molecular complexity index is 778. The molecule has 0 aliphatic heterocycles. The largest absolute Gasteiger partial charge is 0.336 e. The molecule has 1 aliphatic rings. The van der Waals surface area contributed by atoms with Crippen LogP contribution in [0.4, 0.5) is 0 Å². The summed E-state index contributed by atoms with van der Waals surface area (Å²) in [5.41, 5.74) is 0.189. The van der Waals surface area contributed by atoms with E-state index in [1.807, 2.05) is 0 Å². The van der Waals surface area contributed by atoms with Gasteiger partial charge in [-0.3, -0.25) is 13.9 Å². The van der Waals surface area contributed by atoms with Crippen molar-refractivity contribution in [1.29, 1.82) is 0 Å². The summed E-state index contributed by atoms with van der Waals surface area (Å²) in [4.78, 5) is 31.5. The van der Waals surface area contributed by atoms with E-state index in [1.165, 1.54) is 11.6 Å². The Balaban J connectivity index is 2.23. The van der Waals surface area contributed by atoms with E-state index in [2.05, 4.69) is 22.1 Å². The molecule has 2 aromatic rings. The van der Waals surface area contributed by atoms with Crippen molar-refractivity contribution in [2.24, 2.45) is 14.1 Å². The predicted octanol–water partition coefficient (Wildman–Crippen LogP) is 0.784. The lowest BCUT2D eigenvalue weighted by atomic mass is 9.94. The van der Waals surface area contributed by atoms with Gasteiger partial charge in [-0.1, -0.05) is 12.2 Å². The van der Waals surface area contributed by atoms with Crippen LogP contribution in [0.3, 0.4) is 0 Å². The molecule has 100 valence electrons. The summed E-state index contributed by atoms with van der Waals surface area (Å²) >= 11 is 0. The fourth-order valence-electron chi connectivity index (χ4n) is 2.58. The maximum absolute atomic E-state index is 12.1. The van der Waals surface area contributed by atoms with E-state index in [0.29, 0.717) is 17.1 Å². The van der Waals surface area contributed by atoms with Crippen LogP contribution in [-0.4, -0.2) is 19.1 Å². The number of aryl methyl sites for hydroxylation is 1. The van der Waals surface area contributed by atoms with Crippen molar-refractivity contribution in [1.82, 2.24) is 19.1 Å². The van der Waals surface area contributed by atoms with Crippen molar-refractivity contribution in [3.8, 4) is 0 Å². The summed E-state index contributed by atoms with van der Waals surface area (Å²) in [5.74, 6) is 1.11. The molecule has 0 saturated heterocycles. The van der Waals surface area contributed by atoms with Crippen molar-refractivity contribution in [3.63, 3.8) is 0 Å². The Morgan fingerprint density at radius 1 is 1.26 bits per heavy atom. The number of nitrogens with one attached hydrogen (secondary N) is 1. The smallest absolute Gasteiger partial charge is 0.332 e. The van der Waals surface area contributed by atoms with Gasteiger partial charge in [0.25, 0.3) is 5.56 Å². The van der Waals surface area contributed by atoms with Crippen LogP contribution in [-0.2, 0) is 14.1 Å². The second kappa shape index (κ2) is 4.22. The molecule has 0 spiro atoms. The summed E-state index contributed by atoms with van der Waals surface area (Å²) < 4.78 is 2.51. The van der Waals surface area contributed by atoms with Crippen LogP contribution in [0, 0.1) is 0 Å². The number of aromatic nitrogens is 4. The van der Waals surface area contributed by atoms with Gasteiger partial charge in [-0.05, 0) is 19.3 Å². The maximum atomic E-state index is 12.1. The first-order valence-corrected chi connectivity index (χ1v) is 6.40. The number of aromatic amines is 1. The molecule has 1 atom stereocenters. The molecule has 0 unspecified atom stereocenters. The molecule has 1 N–H and O–H groups in total. The number of rotatable bonds is 1. The van der Waals surface area contributed by atoms with Gasteiger partial charge in [-0.2, -0.15) is 0 Å². The molecular formula is C13H16N4O2. The fraction of sp³-hybridized carbons (Fsp3) is 0.462. The molecule has 0 aromatic carbocycles. The molecule has 3 rings (SSSR count). The highest BCUT2D eigenvalue weighted by Crippen LogP contribution is 2.27. The molecular weight excluding hydrogens is 244 g/mol. The Kier molecular flexibility index (Phi) is 2.66. The average Bonchev–Trinajstić information content (AvgIpc) is 2.89. The Morgan fingerprint density at radius 2 is 2.05 bits per heavy atom. The van der Waals surface area contributed by atoms with E-state index in [4.69, 9.17) is 0 Å². The first-order chi connectivity index (χ1) is 9.09. The molecule has 0 saturated carbocycles. The number of allylic oxidation sites excluding steroid dienone is 2. The highest BCUT2D eigenvalue weighted by Gasteiger charge is 2.19. The Labute approximate surface area is 109 Å². The standard InChI is InChI=1S/C13H16N4O2/c1-16-11-9(12(18)17(2)13(16)19)14-10(15-11)8-6-4-3-5-7-8/h3-4,8H,5-7H2,1-2H3,(H,14,15)/t8-/m0/s1. The minimum absolute atomic E-state index is 0.303. The van der Waals surface area contributed by atoms with Crippen LogP contribution in [0.25, 0.3) is 11.2 Å². The van der Waals surface area contributed by atoms with Gasteiger partial charge in [-0.15, -0.1) is 0 Å². The molecule has 0 bridgehead atoms. The van der Waals surface area contributed by atoms with Gasteiger partial charge >= 0.3 is 5.69 Å². The minimum atomic E-state index is -0.348. The highest BCUT2D eigenvalue weighted by molar-refractivity contribution is 5.69. The predicted molar refractivity (Wildman–Crippen MR) is 72.3 cm³/mol. The summed E-state index contributed by atoms with van der Waals surface area (Å²) in [6.45, 7) is 0. The summed E-state index contributed by atoms with van der Waals surface area (Å²) in [5, 5.41) is 0. The van der Waals surface area contributed by atoms with Crippen LogP contribution in [0.5, 0.6) is 0 Å². The molecule has 1 aliphatic carbocycles. The fourth-order valence-corrected chi connectivity index (χ4v) is 2.58. The van der Waals surface area contributed by atoms with Crippen molar-refractivity contribution < 1.29 is 0 Å². The van der Waals surface area contributed by atoms with Gasteiger partial charge in [0, 0.05) is 20.0 Å². The molecule has 0 radical (unpaired) electrons. The topological polar surface area (TPSA) is 72.7 Å². The first-order valence-electron chi connectivity index (χ1n) is 6.40. The zero-order valence-electron chi connectivity index (χ0n) is 11.0. The van der Waals surface area contributed by atoms with E-state index < -0.39 is 0 Å². The van der Waals surface area contributed by atoms with Crippen molar-refractivity contribution in [2.75, 3.05) is 0 Å². The van der Waals surface area contributed by atoms with Crippen molar-refractivity contribution in [3.05, 3.63) is 38.8 Å². The Morgan fingerprint density at radius 3 is 2.74 bits per heavy atom. The van der Waals surface area contributed by atoms with Crippen LogP contribution in [0.1, 0.15) is 31.0 Å². The second-order valence-corrected chi connectivity index (χ2v) is 5.01. The average molecular weight is 260 g/mol. The summed E-state index contributed by atoms with van der Waals surface area (Å²) in [6, 6.07) is 0. The van der Waals surface area contributed by atoms with Crippen LogP contribution in [0.2, 0.25) is 0 Å². The summed E-state index contributed by atoms with van der Waals surface area (Å²) in [7, 11) is 3.11. The third-order valence-corrected chi connectivity index (χ3v) is 3.77. The molecule has 6 nitrogen and oxygen atoms in total. The van der Waals surface area contributed by atoms with Crippen molar-refractivity contribution in [2.45, 2.75) is 25.2 Å². The van der Waals surface area contributed by atoms with E-state index >= 15 is 0 Å². The van der Waals surface area contributed by atoms with Gasteiger partial charge in [0.15, 0.2) is 5.65 Å². The third kappa shape index (κ3) is 1.75. The van der Waals surface area contributed by atoms with E-state index in [0.717, 1.165) is 29.7 Å². The molecule has 19 heavy (non-hydrogen) atoms. The molecule has 2 aromatic heterocycles. The number of fused-ring (bicyclic) bond motifs is 1. The molecule has 0 amide bonds. The molecule has 2 heterocycles. The van der Waals surface area contributed by atoms with E-state index in [1.54, 1.807) is 7.05 Å². The van der Waals surface area contributed by atoms with E-state index in [9.17, 15) is 9.59 Å². The SMILES string of the molecule is Cn1c(=O)c2[nH]c([C@H]3CC=CCC3)nc2n(C)c1=O. The Hall–Kier alpha value is -2.11. The van der Waals surface area contributed by atoms with Gasteiger partial charge in [0.2, 0.25) is 0 Å². The number of hydrogen-bond donors (Lipinski definition) is 1. The number of H-pyrrole nitrogens is 1. The van der Waals surface area contributed by atoms with Gasteiger partial charge in [0.1, 0.15) is 11.3 Å². The monoisotopic (exact) mass is 260 g/mol. The zero-order chi connectivity index (χ0) is 13.6.